The van der Waals surface area contributed by atoms with Crippen LogP contribution < -0.4 is 15.0 Å². The summed E-state index contributed by atoms with van der Waals surface area (Å²) >= 11 is 1.65. The number of urea groups is 1. The first-order chi connectivity index (χ1) is 11.6. The highest BCUT2D eigenvalue weighted by Crippen LogP contribution is 2.24. The Morgan fingerprint density at radius 3 is 2.67 bits per heavy atom. The van der Waals surface area contributed by atoms with Crippen LogP contribution in [0.2, 0.25) is 0 Å². The Bertz CT molecular complexity index is 725. The lowest BCUT2D eigenvalue weighted by atomic mass is 10.3. The summed E-state index contributed by atoms with van der Waals surface area (Å²) in [7, 11) is 1.54. The molecule has 0 bridgehead atoms. The molecule has 8 heteroatoms. The smallest absolute Gasteiger partial charge is 0.322 e. The number of carbonyl (C=O) groups is 1. The maximum absolute atomic E-state index is 12.5. The van der Waals surface area contributed by atoms with E-state index in [9.17, 15) is 4.79 Å². The van der Waals surface area contributed by atoms with Gasteiger partial charge in [-0.15, -0.1) is 11.3 Å². The highest BCUT2D eigenvalue weighted by atomic mass is 32.1. The van der Waals surface area contributed by atoms with Crippen LogP contribution in [0.4, 0.5) is 15.6 Å². The first-order valence-corrected chi connectivity index (χ1v) is 8.68. The maximum atomic E-state index is 12.5. The normalized spacial score (nSPS) is 14.6. The van der Waals surface area contributed by atoms with Gasteiger partial charge in [-0.05, 0) is 25.5 Å². The molecule has 3 heterocycles. The first-order valence-electron chi connectivity index (χ1n) is 7.80. The van der Waals surface area contributed by atoms with Crippen molar-refractivity contribution >= 4 is 28.2 Å². The van der Waals surface area contributed by atoms with E-state index in [1.54, 1.807) is 29.5 Å². The van der Waals surface area contributed by atoms with Crippen molar-refractivity contribution in [1.82, 2.24) is 14.9 Å². The number of pyridine rings is 1. The van der Waals surface area contributed by atoms with Crippen molar-refractivity contribution in [2.75, 3.05) is 43.5 Å². The van der Waals surface area contributed by atoms with Crippen molar-refractivity contribution in [2.45, 2.75) is 13.8 Å². The molecule has 24 heavy (non-hydrogen) atoms. The number of ether oxygens (including phenoxy) is 1. The molecule has 0 spiro atoms. The van der Waals surface area contributed by atoms with Gasteiger partial charge in [0.25, 0.3) is 0 Å². The van der Waals surface area contributed by atoms with E-state index in [2.05, 4.69) is 20.2 Å². The molecule has 1 N–H and O–H groups in total. The van der Waals surface area contributed by atoms with E-state index >= 15 is 0 Å². The minimum absolute atomic E-state index is 0.129. The van der Waals surface area contributed by atoms with Crippen molar-refractivity contribution in [1.29, 1.82) is 0 Å². The number of aromatic nitrogens is 2. The number of hydrogen-bond donors (Lipinski definition) is 1. The molecule has 7 nitrogen and oxygen atoms in total. The number of hydrogen-bond acceptors (Lipinski definition) is 6. The number of rotatable bonds is 3. The van der Waals surface area contributed by atoms with E-state index in [4.69, 9.17) is 4.74 Å². The third kappa shape index (κ3) is 3.59. The lowest BCUT2D eigenvalue weighted by Crippen LogP contribution is -2.50. The fourth-order valence-electron chi connectivity index (χ4n) is 2.59. The third-order valence-corrected chi connectivity index (χ3v) is 4.89. The zero-order valence-corrected chi connectivity index (χ0v) is 14.9. The van der Waals surface area contributed by atoms with Gasteiger partial charge in [-0.1, -0.05) is 0 Å². The number of nitrogens with one attached hydrogen (secondary N) is 1. The van der Waals surface area contributed by atoms with Gasteiger partial charge < -0.3 is 19.9 Å². The van der Waals surface area contributed by atoms with Crippen molar-refractivity contribution in [3.05, 3.63) is 28.9 Å². The van der Waals surface area contributed by atoms with E-state index in [1.807, 2.05) is 25.3 Å². The van der Waals surface area contributed by atoms with Crippen LogP contribution in [0, 0.1) is 13.8 Å². The minimum Gasteiger partial charge on any atom is -0.480 e. The Morgan fingerprint density at radius 1 is 1.29 bits per heavy atom. The van der Waals surface area contributed by atoms with Crippen molar-refractivity contribution < 1.29 is 9.53 Å². The Labute approximate surface area is 145 Å². The summed E-state index contributed by atoms with van der Waals surface area (Å²) < 4.78 is 5.21. The fourth-order valence-corrected chi connectivity index (χ4v) is 3.45. The number of amides is 2. The van der Waals surface area contributed by atoms with Crippen LogP contribution in [-0.4, -0.2) is 54.2 Å². The number of nitrogens with zero attached hydrogens (tertiary/aromatic N) is 4. The van der Waals surface area contributed by atoms with Gasteiger partial charge in [0.1, 0.15) is 5.69 Å². The topological polar surface area (TPSA) is 70.6 Å². The third-order valence-electron chi connectivity index (χ3n) is 3.87. The highest BCUT2D eigenvalue weighted by Gasteiger charge is 2.23. The molecule has 1 aliphatic rings. The van der Waals surface area contributed by atoms with Gasteiger partial charge in [0.2, 0.25) is 5.88 Å². The molecule has 0 saturated carbocycles. The van der Waals surface area contributed by atoms with Crippen LogP contribution in [0.1, 0.15) is 11.3 Å². The average molecular weight is 347 g/mol. The lowest BCUT2D eigenvalue weighted by Gasteiger charge is -2.34. The van der Waals surface area contributed by atoms with Crippen LogP contribution in [0.25, 0.3) is 0 Å². The zero-order valence-electron chi connectivity index (χ0n) is 14.1. The Morgan fingerprint density at radius 2 is 2.04 bits per heavy atom. The summed E-state index contributed by atoms with van der Waals surface area (Å²) in [6.07, 6.45) is 1.71. The Balaban J connectivity index is 1.60. The molecule has 1 saturated heterocycles. The number of carbonyl (C=O) groups excluding carboxylic acids is 1. The first kappa shape index (κ1) is 16.5. The summed E-state index contributed by atoms with van der Waals surface area (Å²) in [5.74, 6) is 0.422. The van der Waals surface area contributed by atoms with Gasteiger partial charge >= 0.3 is 6.03 Å². The van der Waals surface area contributed by atoms with Gasteiger partial charge in [0, 0.05) is 37.8 Å². The molecule has 1 fully saturated rings. The molecular formula is C16H21N5O2S. The van der Waals surface area contributed by atoms with E-state index in [-0.39, 0.29) is 6.03 Å². The largest absolute Gasteiger partial charge is 0.480 e. The molecule has 0 radical (unpaired) electrons. The molecule has 0 unspecified atom stereocenters. The Kier molecular flexibility index (Phi) is 4.84. The van der Waals surface area contributed by atoms with Gasteiger partial charge in [0.15, 0.2) is 5.13 Å². The second kappa shape index (κ2) is 7.04. The number of methoxy groups -OCH3 is 1. The SMILES string of the molecule is COc1ncc(C)cc1NC(=O)N1CCN(c2nc(C)cs2)CC1. The molecule has 2 aromatic heterocycles. The van der Waals surface area contributed by atoms with Crippen molar-refractivity contribution in [3.63, 3.8) is 0 Å². The van der Waals surface area contributed by atoms with Gasteiger partial charge in [-0.25, -0.2) is 14.8 Å². The van der Waals surface area contributed by atoms with Crippen molar-refractivity contribution in [2.24, 2.45) is 0 Å². The van der Waals surface area contributed by atoms with Gasteiger partial charge in [-0.3, -0.25) is 0 Å². The summed E-state index contributed by atoms with van der Waals surface area (Å²) in [4.78, 5) is 25.2. The van der Waals surface area contributed by atoms with Crippen LogP contribution >= 0.6 is 11.3 Å². The van der Waals surface area contributed by atoms with Crippen LogP contribution in [0.5, 0.6) is 5.88 Å². The molecule has 2 aromatic rings. The fraction of sp³-hybridized carbons (Fsp3) is 0.438. The standard InChI is InChI=1S/C16H21N5O2S/c1-11-8-13(14(23-3)17-9-11)19-15(22)20-4-6-21(7-5-20)16-18-12(2)10-24-16/h8-10H,4-7H2,1-3H3,(H,19,22). The predicted octanol–water partition coefficient (Wildman–Crippen LogP) is 2.52. The lowest BCUT2D eigenvalue weighted by molar-refractivity contribution is 0.208. The number of thiazole rings is 1. The predicted molar refractivity (Wildman–Crippen MR) is 95.2 cm³/mol. The van der Waals surface area contributed by atoms with E-state index < -0.39 is 0 Å². The van der Waals surface area contributed by atoms with Gasteiger partial charge in [0.05, 0.1) is 12.8 Å². The highest BCUT2D eigenvalue weighted by molar-refractivity contribution is 7.13. The average Bonchev–Trinajstić information content (AvgIpc) is 3.02. The summed E-state index contributed by atoms with van der Waals surface area (Å²) in [6, 6.07) is 1.73. The second-order valence-electron chi connectivity index (χ2n) is 5.75. The molecule has 0 aromatic carbocycles. The van der Waals surface area contributed by atoms with Crippen LogP contribution in [0.3, 0.4) is 0 Å². The molecule has 2 amide bonds. The summed E-state index contributed by atoms with van der Waals surface area (Å²) in [6.45, 7) is 6.80. The van der Waals surface area contributed by atoms with Crippen molar-refractivity contribution in [3.8, 4) is 5.88 Å². The Hall–Kier alpha value is -2.35. The minimum atomic E-state index is -0.129. The van der Waals surface area contributed by atoms with Crippen LogP contribution in [-0.2, 0) is 0 Å². The summed E-state index contributed by atoms with van der Waals surface area (Å²) in [5, 5.41) is 5.97. The van der Waals surface area contributed by atoms with E-state index in [1.165, 1.54) is 0 Å². The maximum Gasteiger partial charge on any atom is 0.322 e. The molecule has 0 aliphatic carbocycles. The molecule has 3 rings (SSSR count). The quantitative estimate of drug-likeness (QED) is 0.924. The number of piperazine rings is 1. The van der Waals surface area contributed by atoms with E-state index in [0.717, 1.165) is 29.5 Å². The second-order valence-corrected chi connectivity index (χ2v) is 6.58. The van der Waals surface area contributed by atoms with Gasteiger partial charge in [-0.2, -0.15) is 0 Å². The number of aryl methyl sites for hydroxylation is 2. The molecule has 1 aliphatic heterocycles. The molecule has 128 valence electrons. The number of anilines is 2. The monoisotopic (exact) mass is 347 g/mol. The molecule has 0 atom stereocenters. The summed E-state index contributed by atoms with van der Waals surface area (Å²) in [5.41, 5.74) is 2.60. The zero-order chi connectivity index (χ0) is 17.1. The van der Waals surface area contributed by atoms with E-state index in [0.29, 0.717) is 24.7 Å². The van der Waals surface area contributed by atoms with Crippen LogP contribution in [0.15, 0.2) is 17.6 Å². The molecular weight excluding hydrogens is 326 g/mol.